The first kappa shape index (κ1) is 16.3. The largest absolute Gasteiger partial charge is 0.447 e. The molecule has 130 valence electrons. The lowest BCUT2D eigenvalue weighted by atomic mass is 10.3. The summed E-state index contributed by atoms with van der Waals surface area (Å²) in [6.45, 7) is 2.76. The molecule has 1 aliphatic heterocycles. The minimum atomic E-state index is -3.46. The molecule has 0 amide bonds. The molecule has 3 heterocycles. The van der Waals surface area contributed by atoms with Crippen molar-refractivity contribution in [2.75, 3.05) is 13.1 Å². The highest BCUT2D eigenvalue weighted by molar-refractivity contribution is 7.89. The standard InChI is InChI=1S/C17H22N2O3S2/c20-24(21,19-8-1-2-9-19)17-6-5-16(22-17)12-18(15-3-4-15)11-14-7-10-23-13-14/h5-7,10,13,15H,1-4,8-9,11-12H2. The lowest BCUT2D eigenvalue weighted by molar-refractivity contribution is 0.218. The highest BCUT2D eigenvalue weighted by atomic mass is 32.2. The normalized spacial score (nSPS) is 19.4. The molecular weight excluding hydrogens is 344 g/mol. The van der Waals surface area contributed by atoms with E-state index in [2.05, 4.69) is 21.7 Å². The van der Waals surface area contributed by atoms with Crippen molar-refractivity contribution in [1.82, 2.24) is 9.21 Å². The second kappa shape index (κ2) is 6.63. The van der Waals surface area contributed by atoms with Crippen LogP contribution in [0.25, 0.3) is 0 Å². The third kappa shape index (κ3) is 3.44. The number of hydrogen-bond donors (Lipinski definition) is 0. The molecule has 0 N–H and O–H groups in total. The van der Waals surface area contributed by atoms with E-state index in [0.717, 1.165) is 25.1 Å². The molecule has 4 rings (SSSR count). The number of thiophene rings is 1. The van der Waals surface area contributed by atoms with E-state index in [4.69, 9.17) is 4.42 Å². The Balaban J connectivity index is 1.47. The zero-order chi connectivity index (χ0) is 16.6. The van der Waals surface area contributed by atoms with Crippen LogP contribution in [0.4, 0.5) is 0 Å². The smallest absolute Gasteiger partial charge is 0.276 e. The van der Waals surface area contributed by atoms with E-state index >= 15 is 0 Å². The van der Waals surface area contributed by atoms with Crippen LogP contribution < -0.4 is 0 Å². The second-order valence-electron chi connectivity index (χ2n) is 6.60. The molecule has 0 atom stereocenters. The predicted molar refractivity (Wildman–Crippen MR) is 93.3 cm³/mol. The van der Waals surface area contributed by atoms with E-state index in [-0.39, 0.29) is 5.09 Å². The van der Waals surface area contributed by atoms with Gasteiger partial charge in [-0.25, -0.2) is 8.42 Å². The number of sulfonamides is 1. The summed E-state index contributed by atoms with van der Waals surface area (Å²) < 4.78 is 32.4. The fourth-order valence-corrected chi connectivity index (χ4v) is 5.31. The topological polar surface area (TPSA) is 53.8 Å². The van der Waals surface area contributed by atoms with E-state index in [9.17, 15) is 8.42 Å². The van der Waals surface area contributed by atoms with Gasteiger partial charge in [0.25, 0.3) is 10.0 Å². The Morgan fingerprint density at radius 1 is 1.17 bits per heavy atom. The highest BCUT2D eigenvalue weighted by Gasteiger charge is 2.32. The van der Waals surface area contributed by atoms with E-state index < -0.39 is 10.0 Å². The van der Waals surface area contributed by atoms with E-state index in [0.29, 0.717) is 25.7 Å². The average Bonchev–Trinajstić information content (AvgIpc) is 3.05. The van der Waals surface area contributed by atoms with Crippen molar-refractivity contribution < 1.29 is 12.8 Å². The highest BCUT2D eigenvalue weighted by Crippen LogP contribution is 2.31. The number of nitrogens with zero attached hydrogens (tertiary/aromatic N) is 2. The fraction of sp³-hybridized carbons (Fsp3) is 0.529. The SMILES string of the molecule is O=S(=O)(c1ccc(CN(Cc2ccsc2)C2CC2)o1)N1CCCC1. The molecule has 2 fully saturated rings. The van der Waals surface area contributed by atoms with Crippen molar-refractivity contribution in [3.05, 3.63) is 40.3 Å². The molecule has 0 unspecified atom stereocenters. The minimum absolute atomic E-state index is 0.0886. The molecular formula is C17H22N2O3S2. The van der Waals surface area contributed by atoms with Crippen LogP contribution in [0.5, 0.6) is 0 Å². The lowest BCUT2D eigenvalue weighted by Gasteiger charge is -2.20. The maximum Gasteiger partial charge on any atom is 0.276 e. The Hall–Kier alpha value is -1.15. The lowest BCUT2D eigenvalue weighted by Crippen LogP contribution is -2.27. The van der Waals surface area contributed by atoms with Crippen LogP contribution >= 0.6 is 11.3 Å². The molecule has 7 heteroatoms. The maximum absolute atomic E-state index is 12.6. The molecule has 0 aromatic carbocycles. The molecule has 2 aliphatic rings. The molecule has 0 spiro atoms. The van der Waals surface area contributed by atoms with Crippen molar-refractivity contribution in [2.45, 2.75) is 49.9 Å². The van der Waals surface area contributed by atoms with Gasteiger partial charge in [-0.1, -0.05) is 0 Å². The first-order valence-electron chi connectivity index (χ1n) is 8.47. The summed E-state index contributed by atoms with van der Waals surface area (Å²) >= 11 is 1.71. The van der Waals surface area contributed by atoms with Crippen molar-refractivity contribution in [3.8, 4) is 0 Å². The molecule has 1 saturated carbocycles. The van der Waals surface area contributed by atoms with Gasteiger partial charge in [0.1, 0.15) is 5.76 Å². The summed E-state index contributed by atoms with van der Waals surface area (Å²) in [5.41, 5.74) is 1.31. The first-order valence-corrected chi connectivity index (χ1v) is 10.9. The predicted octanol–water partition coefficient (Wildman–Crippen LogP) is 3.29. The first-order chi connectivity index (χ1) is 11.6. The van der Waals surface area contributed by atoms with Gasteiger partial charge >= 0.3 is 0 Å². The molecule has 0 radical (unpaired) electrons. The van der Waals surface area contributed by atoms with Gasteiger partial charge in [0, 0.05) is 25.7 Å². The van der Waals surface area contributed by atoms with Crippen LogP contribution in [0.3, 0.4) is 0 Å². The van der Waals surface area contributed by atoms with E-state index in [1.807, 2.05) is 6.07 Å². The van der Waals surface area contributed by atoms with Crippen LogP contribution in [0.2, 0.25) is 0 Å². The summed E-state index contributed by atoms with van der Waals surface area (Å²) in [6.07, 6.45) is 4.29. The molecule has 24 heavy (non-hydrogen) atoms. The Kier molecular flexibility index (Phi) is 4.51. The van der Waals surface area contributed by atoms with Crippen LogP contribution in [-0.2, 0) is 23.1 Å². The molecule has 2 aromatic rings. The molecule has 5 nitrogen and oxygen atoms in total. The molecule has 0 bridgehead atoms. The molecule has 1 aliphatic carbocycles. The zero-order valence-electron chi connectivity index (χ0n) is 13.6. The summed E-state index contributed by atoms with van der Waals surface area (Å²) in [7, 11) is -3.46. The Morgan fingerprint density at radius 3 is 2.62 bits per heavy atom. The van der Waals surface area contributed by atoms with Gasteiger partial charge in [-0.2, -0.15) is 15.6 Å². The van der Waals surface area contributed by atoms with E-state index in [1.54, 1.807) is 17.4 Å². The summed E-state index contributed by atoms with van der Waals surface area (Å²) in [4.78, 5) is 2.38. The average molecular weight is 367 g/mol. The van der Waals surface area contributed by atoms with Crippen LogP contribution in [0, 0.1) is 0 Å². The number of hydrogen-bond acceptors (Lipinski definition) is 5. The number of furan rings is 1. The Bertz CT molecular complexity index is 773. The monoisotopic (exact) mass is 366 g/mol. The van der Waals surface area contributed by atoms with Gasteiger partial charge in [0.05, 0.1) is 6.54 Å². The minimum Gasteiger partial charge on any atom is -0.447 e. The van der Waals surface area contributed by atoms with Crippen molar-refractivity contribution >= 4 is 21.4 Å². The van der Waals surface area contributed by atoms with Gasteiger partial charge < -0.3 is 4.42 Å². The zero-order valence-corrected chi connectivity index (χ0v) is 15.2. The van der Waals surface area contributed by atoms with Gasteiger partial charge in [-0.05, 0) is 60.2 Å². The second-order valence-corrected chi connectivity index (χ2v) is 9.25. The van der Waals surface area contributed by atoms with Gasteiger partial charge in [-0.15, -0.1) is 0 Å². The van der Waals surface area contributed by atoms with Crippen molar-refractivity contribution in [3.63, 3.8) is 0 Å². The van der Waals surface area contributed by atoms with Crippen LogP contribution in [0.15, 0.2) is 38.5 Å². The van der Waals surface area contributed by atoms with E-state index in [1.165, 1.54) is 22.7 Å². The van der Waals surface area contributed by atoms with Crippen LogP contribution in [-0.4, -0.2) is 36.8 Å². The fourth-order valence-electron chi connectivity index (χ4n) is 3.21. The van der Waals surface area contributed by atoms with Crippen molar-refractivity contribution in [1.29, 1.82) is 0 Å². The van der Waals surface area contributed by atoms with Crippen LogP contribution in [0.1, 0.15) is 37.0 Å². The molecule has 2 aromatic heterocycles. The quantitative estimate of drug-likeness (QED) is 0.754. The Labute approximate surface area is 146 Å². The molecule has 1 saturated heterocycles. The summed E-state index contributed by atoms with van der Waals surface area (Å²) in [5, 5.41) is 4.35. The summed E-state index contributed by atoms with van der Waals surface area (Å²) in [6, 6.07) is 6.16. The van der Waals surface area contributed by atoms with Gasteiger partial charge in [-0.3, -0.25) is 4.90 Å². The number of rotatable bonds is 7. The third-order valence-electron chi connectivity index (χ3n) is 4.68. The van der Waals surface area contributed by atoms with Gasteiger partial charge in [0.15, 0.2) is 0 Å². The summed E-state index contributed by atoms with van der Waals surface area (Å²) in [5.74, 6) is 0.731. The van der Waals surface area contributed by atoms with Gasteiger partial charge in [0.2, 0.25) is 5.09 Å². The van der Waals surface area contributed by atoms with Crippen molar-refractivity contribution in [2.24, 2.45) is 0 Å². The maximum atomic E-state index is 12.6. The third-order valence-corrected chi connectivity index (χ3v) is 7.19. The Morgan fingerprint density at radius 2 is 1.96 bits per heavy atom.